The molecule has 0 N–H and O–H groups in total. The van der Waals surface area contributed by atoms with Gasteiger partial charge in [-0.3, -0.25) is 0 Å². The summed E-state index contributed by atoms with van der Waals surface area (Å²) in [6.07, 6.45) is 6.37. The molecule has 4 rings (SSSR count). The van der Waals surface area contributed by atoms with Gasteiger partial charge < -0.3 is 9.64 Å². The summed E-state index contributed by atoms with van der Waals surface area (Å²) in [4.78, 5) is 15.1. The zero-order valence-corrected chi connectivity index (χ0v) is 14.9. The summed E-state index contributed by atoms with van der Waals surface area (Å²) in [5.41, 5.74) is 1.54. The van der Waals surface area contributed by atoms with E-state index in [9.17, 15) is 0 Å². The van der Waals surface area contributed by atoms with Crippen LogP contribution < -0.4 is 4.90 Å². The van der Waals surface area contributed by atoms with Crippen molar-refractivity contribution in [1.82, 2.24) is 9.97 Å². The highest BCUT2D eigenvalue weighted by atomic mass is 32.1. The van der Waals surface area contributed by atoms with Crippen molar-refractivity contribution in [1.29, 1.82) is 0 Å². The molecule has 0 atom stereocenters. The van der Waals surface area contributed by atoms with E-state index in [1.807, 2.05) is 11.3 Å². The Hall–Kier alpha value is -1.20. The molecular formula is C18H25N3OS. The van der Waals surface area contributed by atoms with Crippen LogP contribution in [-0.4, -0.2) is 36.3 Å². The van der Waals surface area contributed by atoms with E-state index < -0.39 is 0 Å². The van der Waals surface area contributed by atoms with Crippen LogP contribution in [0.5, 0.6) is 0 Å². The number of thiophene rings is 1. The average Bonchev–Trinajstić information content (AvgIpc) is 2.76. The number of ether oxygens (including phenoxy) is 1. The van der Waals surface area contributed by atoms with Crippen molar-refractivity contribution >= 4 is 27.4 Å². The van der Waals surface area contributed by atoms with Gasteiger partial charge in [0.1, 0.15) is 16.5 Å². The molecule has 23 heavy (non-hydrogen) atoms. The van der Waals surface area contributed by atoms with Crippen LogP contribution in [0.4, 0.5) is 5.82 Å². The van der Waals surface area contributed by atoms with Gasteiger partial charge in [-0.1, -0.05) is 20.3 Å². The Labute approximate surface area is 141 Å². The number of fused-ring (bicyclic) bond motifs is 3. The third-order valence-electron chi connectivity index (χ3n) is 4.89. The molecule has 0 unspecified atom stereocenters. The highest BCUT2D eigenvalue weighted by Gasteiger charge is 2.24. The predicted molar refractivity (Wildman–Crippen MR) is 95.8 cm³/mol. The number of hydrogen-bond donors (Lipinski definition) is 0. The maximum atomic E-state index is 5.54. The number of morpholine rings is 1. The van der Waals surface area contributed by atoms with E-state index in [4.69, 9.17) is 14.7 Å². The second kappa shape index (κ2) is 6.36. The minimum absolute atomic E-state index is 0.362. The molecule has 2 aliphatic rings. The Morgan fingerprint density at radius 2 is 1.83 bits per heavy atom. The van der Waals surface area contributed by atoms with Crippen LogP contribution >= 0.6 is 11.3 Å². The molecule has 5 heteroatoms. The van der Waals surface area contributed by atoms with Crippen LogP contribution in [0.2, 0.25) is 0 Å². The number of aromatic nitrogens is 2. The summed E-state index contributed by atoms with van der Waals surface area (Å²) >= 11 is 1.91. The average molecular weight is 331 g/mol. The zero-order valence-electron chi connectivity index (χ0n) is 14.1. The zero-order chi connectivity index (χ0) is 15.8. The molecule has 1 aliphatic carbocycles. The monoisotopic (exact) mass is 331 g/mol. The van der Waals surface area contributed by atoms with Crippen LogP contribution in [0.25, 0.3) is 10.2 Å². The van der Waals surface area contributed by atoms with Crippen molar-refractivity contribution in [2.75, 3.05) is 31.2 Å². The molecule has 4 nitrogen and oxygen atoms in total. The number of nitrogens with zero attached hydrogens (tertiary/aromatic N) is 3. The van der Waals surface area contributed by atoms with Gasteiger partial charge in [0.05, 0.1) is 18.6 Å². The maximum absolute atomic E-state index is 5.54. The molecule has 3 heterocycles. The normalized spacial score (nSPS) is 19.2. The second-order valence-electron chi connectivity index (χ2n) is 6.90. The van der Waals surface area contributed by atoms with Gasteiger partial charge >= 0.3 is 0 Å². The molecule has 2 aromatic heterocycles. The lowest BCUT2D eigenvalue weighted by atomic mass is 10.1. The predicted octanol–water partition coefficient (Wildman–Crippen LogP) is 3.92. The number of anilines is 1. The van der Waals surface area contributed by atoms with Crippen molar-refractivity contribution in [2.45, 2.75) is 51.9 Å². The van der Waals surface area contributed by atoms with Crippen LogP contribution in [0.15, 0.2) is 0 Å². The maximum Gasteiger partial charge on any atom is 0.141 e. The van der Waals surface area contributed by atoms with Crippen LogP contribution in [0, 0.1) is 0 Å². The number of hydrogen-bond acceptors (Lipinski definition) is 5. The van der Waals surface area contributed by atoms with E-state index in [1.165, 1.54) is 48.1 Å². The largest absolute Gasteiger partial charge is 0.378 e. The summed E-state index contributed by atoms with van der Waals surface area (Å²) in [7, 11) is 0. The fraction of sp³-hybridized carbons (Fsp3) is 0.667. The van der Waals surface area contributed by atoms with Gasteiger partial charge in [0.15, 0.2) is 0 Å². The van der Waals surface area contributed by atoms with Crippen molar-refractivity contribution < 1.29 is 4.74 Å². The SMILES string of the molecule is CC(C)c1nc(N2CCOCC2)c2c3c(sc2n1)CCCCC3. The lowest BCUT2D eigenvalue weighted by Crippen LogP contribution is -2.37. The van der Waals surface area contributed by atoms with Gasteiger partial charge in [-0.25, -0.2) is 9.97 Å². The first-order valence-corrected chi connectivity index (χ1v) is 9.70. The van der Waals surface area contributed by atoms with E-state index in [0.29, 0.717) is 5.92 Å². The van der Waals surface area contributed by atoms with E-state index in [1.54, 1.807) is 10.4 Å². The first-order chi connectivity index (χ1) is 11.2. The fourth-order valence-electron chi connectivity index (χ4n) is 3.59. The molecule has 0 bridgehead atoms. The summed E-state index contributed by atoms with van der Waals surface area (Å²) < 4.78 is 5.54. The molecular weight excluding hydrogens is 306 g/mol. The highest BCUT2D eigenvalue weighted by molar-refractivity contribution is 7.19. The molecule has 0 saturated carbocycles. The highest BCUT2D eigenvalue weighted by Crippen LogP contribution is 2.39. The molecule has 0 radical (unpaired) electrons. The van der Waals surface area contributed by atoms with Gasteiger partial charge in [0.2, 0.25) is 0 Å². The molecule has 2 aromatic rings. The van der Waals surface area contributed by atoms with Gasteiger partial charge in [0, 0.05) is 23.9 Å². The summed E-state index contributed by atoms with van der Waals surface area (Å²) in [5.74, 6) is 2.51. The van der Waals surface area contributed by atoms with Crippen molar-refractivity contribution in [3.8, 4) is 0 Å². The first kappa shape index (κ1) is 15.3. The summed E-state index contributed by atoms with van der Waals surface area (Å²) in [6.45, 7) is 7.85. The topological polar surface area (TPSA) is 38.2 Å². The Bertz CT molecular complexity index is 704. The Balaban J connectivity index is 1.90. The van der Waals surface area contributed by atoms with Gasteiger partial charge in [-0.05, 0) is 31.2 Å². The molecule has 1 fully saturated rings. The molecule has 0 aromatic carbocycles. The summed E-state index contributed by atoms with van der Waals surface area (Å²) in [6, 6.07) is 0. The van der Waals surface area contributed by atoms with E-state index in [2.05, 4.69) is 18.7 Å². The van der Waals surface area contributed by atoms with Crippen molar-refractivity contribution in [3.05, 3.63) is 16.3 Å². The number of rotatable bonds is 2. The van der Waals surface area contributed by atoms with E-state index in [-0.39, 0.29) is 0 Å². The molecule has 0 spiro atoms. The third kappa shape index (κ3) is 2.85. The lowest BCUT2D eigenvalue weighted by Gasteiger charge is -2.29. The smallest absolute Gasteiger partial charge is 0.141 e. The minimum atomic E-state index is 0.362. The first-order valence-electron chi connectivity index (χ1n) is 8.89. The van der Waals surface area contributed by atoms with Crippen molar-refractivity contribution in [3.63, 3.8) is 0 Å². The van der Waals surface area contributed by atoms with Gasteiger partial charge in [-0.15, -0.1) is 11.3 Å². The summed E-state index contributed by atoms with van der Waals surface area (Å²) in [5, 5.41) is 1.35. The fourth-order valence-corrected chi connectivity index (χ4v) is 4.86. The van der Waals surface area contributed by atoms with Crippen molar-refractivity contribution in [2.24, 2.45) is 0 Å². The van der Waals surface area contributed by atoms with Gasteiger partial charge in [0.25, 0.3) is 0 Å². The van der Waals surface area contributed by atoms with Crippen LogP contribution in [0.1, 0.15) is 55.3 Å². The standard InChI is InChI=1S/C18H25N3OS/c1-12(2)16-19-17(21-8-10-22-11-9-21)15-13-6-4-3-5-7-14(13)23-18(15)20-16/h12H,3-11H2,1-2H3. The quantitative estimate of drug-likeness (QED) is 0.782. The Kier molecular flexibility index (Phi) is 4.24. The Morgan fingerprint density at radius 3 is 2.61 bits per heavy atom. The van der Waals surface area contributed by atoms with Crippen LogP contribution in [-0.2, 0) is 17.6 Å². The van der Waals surface area contributed by atoms with E-state index in [0.717, 1.165) is 32.1 Å². The third-order valence-corrected chi connectivity index (χ3v) is 6.08. The second-order valence-corrected chi connectivity index (χ2v) is 7.99. The van der Waals surface area contributed by atoms with Gasteiger partial charge in [-0.2, -0.15) is 0 Å². The molecule has 124 valence electrons. The van der Waals surface area contributed by atoms with E-state index >= 15 is 0 Å². The molecule has 1 saturated heterocycles. The lowest BCUT2D eigenvalue weighted by molar-refractivity contribution is 0.122. The Morgan fingerprint density at radius 1 is 1.04 bits per heavy atom. The number of aryl methyl sites for hydroxylation is 2. The molecule has 1 aliphatic heterocycles. The minimum Gasteiger partial charge on any atom is -0.378 e. The molecule has 0 amide bonds. The van der Waals surface area contributed by atoms with Crippen LogP contribution in [0.3, 0.4) is 0 Å².